The van der Waals surface area contributed by atoms with Crippen molar-refractivity contribution in [2.75, 3.05) is 19.6 Å². The molecule has 2 N–H and O–H groups in total. The van der Waals surface area contributed by atoms with Crippen molar-refractivity contribution >= 4 is 22.7 Å². The van der Waals surface area contributed by atoms with Gasteiger partial charge in [-0.05, 0) is 42.8 Å². The van der Waals surface area contributed by atoms with Gasteiger partial charge in [-0.25, -0.2) is 4.98 Å². The molecule has 0 bridgehead atoms. The molecule has 20 heavy (non-hydrogen) atoms. The summed E-state index contributed by atoms with van der Waals surface area (Å²) in [5.74, 6) is 1.40. The highest BCUT2D eigenvalue weighted by Gasteiger charge is 2.25. The Labute approximate surface area is 128 Å². The molecule has 3 rings (SSSR count). The predicted octanol–water partition coefficient (Wildman–Crippen LogP) is 3.29. The number of nitrogens with two attached hydrogens (primary N) is 1. The molecule has 2 unspecified atom stereocenters. The molecule has 1 aliphatic rings. The second-order valence-electron chi connectivity index (χ2n) is 5.65. The normalized spacial score (nSPS) is 24.1. The standard InChI is InChI=1S/C15H21N3S2/c1-11-2-4-18(7-13(11)6-16)8-14-10-20-15(17-14)12-3-5-19-9-12/h3,5,9-11,13H,2,4,6-8,16H2,1H3. The van der Waals surface area contributed by atoms with Crippen molar-refractivity contribution in [1.29, 1.82) is 0 Å². The van der Waals surface area contributed by atoms with Crippen LogP contribution in [-0.2, 0) is 6.54 Å². The molecule has 0 aromatic carbocycles. The lowest BCUT2D eigenvalue weighted by Gasteiger charge is -2.36. The average Bonchev–Trinajstić information content (AvgIpc) is 3.11. The van der Waals surface area contributed by atoms with Crippen LogP contribution in [0.2, 0.25) is 0 Å². The molecule has 0 aliphatic carbocycles. The Morgan fingerprint density at radius 1 is 1.45 bits per heavy atom. The zero-order chi connectivity index (χ0) is 13.9. The van der Waals surface area contributed by atoms with Gasteiger partial charge in [0.1, 0.15) is 5.01 Å². The van der Waals surface area contributed by atoms with Gasteiger partial charge in [-0.15, -0.1) is 11.3 Å². The van der Waals surface area contributed by atoms with Crippen LogP contribution in [0.3, 0.4) is 0 Å². The molecule has 2 atom stereocenters. The van der Waals surface area contributed by atoms with E-state index in [0.717, 1.165) is 30.6 Å². The number of thiazole rings is 1. The number of nitrogens with zero attached hydrogens (tertiary/aromatic N) is 2. The van der Waals surface area contributed by atoms with E-state index in [9.17, 15) is 0 Å². The molecule has 0 spiro atoms. The van der Waals surface area contributed by atoms with Gasteiger partial charge in [-0.2, -0.15) is 11.3 Å². The number of hydrogen-bond donors (Lipinski definition) is 1. The van der Waals surface area contributed by atoms with E-state index < -0.39 is 0 Å². The summed E-state index contributed by atoms with van der Waals surface area (Å²) in [6.07, 6.45) is 1.25. The van der Waals surface area contributed by atoms with Crippen molar-refractivity contribution in [1.82, 2.24) is 9.88 Å². The van der Waals surface area contributed by atoms with E-state index in [1.165, 1.54) is 24.2 Å². The van der Waals surface area contributed by atoms with E-state index in [0.29, 0.717) is 5.92 Å². The van der Waals surface area contributed by atoms with E-state index >= 15 is 0 Å². The first-order valence-corrected chi connectivity index (χ1v) is 8.98. The van der Waals surface area contributed by atoms with Gasteiger partial charge in [0.15, 0.2) is 0 Å². The smallest absolute Gasteiger partial charge is 0.124 e. The molecule has 3 heterocycles. The maximum absolute atomic E-state index is 5.88. The van der Waals surface area contributed by atoms with Crippen molar-refractivity contribution in [2.45, 2.75) is 19.9 Å². The molecule has 2 aromatic rings. The minimum atomic E-state index is 0.638. The molecular weight excluding hydrogens is 286 g/mol. The predicted molar refractivity (Wildman–Crippen MR) is 87.0 cm³/mol. The van der Waals surface area contributed by atoms with E-state index in [1.54, 1.807) is 22.7 Å². The molecule has 5 heteroatoms. The van der Waals surface area contributed by atoms with Gasteiger partial charge in [0, 0.05) is 29.4 Å². The van der Waals surface area contributed by atoms with Crippen molar-refractivity contribution in [3.05, 3.63) is 27.9 Å². The number of hydrogen-bond acceptors (Lipinski definition) is 5. The average molecular weight is 307 g/mol. The second kappa shape index (κ2) is 6.35. The first kappa shape index (κ1) is 14.2. The monoisotopic (exact) mass is 307 g/mol. The number of piperidine rings is 1. The quantitative estimate of drug-likeness (QED) is 0.942. The van der Waals surface area contributed by atoms with Gasteiger partial charge < -0.3 is 5.73 Å². The second-order valence-corrected chi connectivity index (χ2v) is 7.29. The molecule has 2 aromatic heterocycles. The molecular formula is C15H21N3S2. The van der Waals surface area contributed by atoms with Crippen LogP contribution in [0.4, 0.5) is 0 Å². The van der Waals surface area contributed by atoms with Gasteiger partial charge >= 0.3 is 0 Å². The van der Waals surface area contributed by atoms with E-state index in [4.69, 9.17) is 10.7 Å². The summed E-state index contributed by atoms with van der Waals surface area (Å²) < 4.78 is 0. The van der Waals surface area contributed by atoms with Crippen LogP contribution in [0.5, 0.6) is 0 Å². The Hall–Kier alpha value is -0.750. The fourth-order valence-corrected chi connectivity index (χ4v) is 4.33. The SMILES string of the molecule is CC1CCN(Cc2csc(-c3ccsc3)n2)CC1CN. The lowest BCUT2D eigenvalue weighted by molar-refractivity contribution is 0.125. The molecule has 0 saturated carbocycles. The molecule has 1 aliphatic heterocycles. The molecule has 108 valence electrons. The minimum Gasteiger partial charge on any atom is -0.330 e. The third kappa shape index (κ3) is 3.11. The van der Waals surface area contributed by atoms with Crippen LogP contribution >= 0.6 is 22.7 Å². The van der Waals surface area contributed by atoms with E-state index in [2.05, 4.69) is 34.0 Å². The van der Waals surface area contributed by atoms with Gasteiger partial charge in [0.2, 0.25) is 0 Å². The van der Waals surface area contributed by atoms with Gasteiger partial charge in [-0.3, -0.25) is 4.90 Å². The van der Waals surface area contributed by atoms with Crippen molar-refractivity contribution < 1.29 is 0 Å². The fraction of sp³-hybridized carbons (Fsp3) is 0.533. The maximum Gasteiger partial charge on any atom is 0.124 e. The summed E-state index contributed by atoms with van der Waals surface area (Å²) in [5, 5.41) is 7.61. The van der Waals surface area contributed by atoms with Crippen molar-refractivity contribution in [3.63, 3.8) is 0 Å². The minimum absolute atomic E-state index is 0.638. The number of aromatic nitrogens is 1. The zero-order valence-electron chi connectivity index (χ0n) is 11.8. The highest BCUT2D eigenvalue weighted by Crippen LogP contribution is 2.27. The van der Waals surface area contributed by atoms with Crippen LogP contribution in [0.1, 0.15) is 19.0 Å². The van der Waals surface area contributed by atoms with E-state index in [1.807, 2.05) is 0 Å². The largest absolute Gasteiger partial charge is 0.330 e. The molecule has 0 radical (unpaired) electrons. The number of likely N-dealkylation sites (tertiary alicyclic amines) is 1. The van der Waals surface area contributed by atoms with Crippen LogP contribution in [-0.4, -0.2) is 29.5 Å². The first-order valence-electron chi connectivity index (χ1n) is 7.15. The summed E-state index contributed by atoms with van der Waals surface area (Å²) in [6.45, 7) is 6.37. The lowest BCUT2D eigenvalue weighted by atomic mass is 9.87. The summed E-state index contributed by atoms with van der Waals surface area (Å²) in [7, 11) is 0. The molecule has 1 saturated heterocycles. The van der Waals surface area contributed by atoms with Gasteiger partial charge in [0.25, 0.3) is 0 Å². The lowest BCUT2D eigenvalue weighted by Crippen LogP contribution is -2.42. The van der Waals surface area contributed by atoms with Crippen molar-refractivity contribution in [2.24, 2.45) is 17.6 Å². The third-order valence-corrected chi connectivity index (χ3v) is 5.83. The topological polar surface area (TPSA) is 42.2 Å². The fourth-order valence-electron chi connectivity index (χ4n) is 2.80. The Balaban J connectivity index is 1.64. The maximum atomic E-state index is 5.88. The highest BCUT2D eigenvalue weighted by atomic mass is 32.1. The molecule has 1 fully saturated rings. The molecule has 3 nitrogen and oxygen atoms in total. The first-order chi connectivity index (χ1) is 9.76. The molecule has 0 amide bonds. The number of rotatable bonds is 4. The number of thiophene rings is 1. The van der Waals surface area contributed by atoms with Crippen molar-refractivity contribution in [3.8, 4) is 10.6 Å². The summed E-state index contributed by atoms with van der Waals surface area (Å²) in [4.78, 5) is 7.27. The Morgan fingerprint density at radius 3 is 3.10 bits per heavy atom. The summed E-state index contributed by atoms with van der Waals surface area (Å²) in [5.41, 5.74) is 8.32. The Bertz CT molecular complexity index is 535. The van der Waals surface area contributed by atoms with Crippen LogP contribution < -0.4 is 5.73 Å². The highest BCUT2D eigenvalue weighted by molar-refractivity contribution is 7.14. The Morgan fingerprint density at radius 2 is 2.35 bits per heavy atom. The van der Waals surface area contributed by atoms with Crippen LogP contribution in [0, 0.1) is 11.8 Å². The van der Waals surface area contributed by atoms with Crippen LogP contribution in [0.15, 0.2) is 22.2 Å². The zero-order valence-corrected chi connectivity index (χ0v) is 13.4. The summed E-state index contributed by atoms with van der Waals surface area (Å²) in [6, 6.07) is 2.14. The van der Waals surface area contributed by atoms with Crippen LogP contribution in [0.25, 0.3) is 10.6 Å². The van der Waals surface area contributed by atoms with Gasteiger partial charge in [0.05, 0.1) is 5.69 Å². The Kier molecular flexibility index (Phi) is 4.51. The summed E-state index contributed by atoms with van der Waals surface area (Å²) >= 11 is 3.47. The van der Waals surface area contributed by atoms with E-state index in [-0.39, 0.29) is 0 Å². The van der Waals surface area contributed by atoms with Gasteiger partial charge in [-0.1, -0.05) is 6.92 Å². The third-order valence-electron chi connectivity index (χ3n) is 4.21.